The van der Waals surface area contributed by atoms with Crippen LogP contribution in [0.3, 0.4) is 0 Å². The van der Waals surface area contributed by atoms with Gasteiger partial charge in [0.15, 0.2) is 0 Å². The SMILES string of the molecule is O=S(=O)(O)c1ccc2cc(OCCO)ccc2c1.[LiH]. The maximum absolute atomic E-state index is 11.0. The molecule has 0 aromatic heterocycles. The van der Waals surface area contributed by atoms with Crippen LogP contribution in [0.4, 0.5) is 0 Å². The van der Waals surface area contributed by atoms with Gasteiger partial charge in [-0.25, -0.2) is 0 Å². The topological polar surface area (TPSA) is 83.8 Å². The van der Waals surface area contributed by atoms with Crippen molar-refractivity contribution in [2.24, 2.45) is 0 Å². The van der Waals surface area contributed by atoms with Crippen molar-refractivity contribution in [3.8, 4) is 5.75 Å². The molecule has 0 saturated heterocycles. The average Bonchev–Trinajstić information content (AvgIpc) is 2.34. The van der Waals surface area contributed by atoms with E-state index in [4.69, 9.17) is 14.4 Å². The zero-order valence-electron chi connectivity index (χ0n) is 9.41. The van der Waals surface area contributed by atoms with Crippen LogP contribution in [0.2, 0.25) is 0 Å². The molecule has 0 fully saturated rings. The molecule has 98 valence electrons. The van der Waals surface area contributed by atoms with Gasteiger partial charge in [-0.05, 0) is 35.0 Å². The van der Waals surface area contributed by atoms with Crippen LogP contribution in [0, 0.1) is 0 Å². The van der Waals surface area contributed by atoms with E-state index in [0.717, 1.165) is 5.39 Å². The summed E-state index contributed by atoms with van der Waals surface area (Å²) in [4.78, 5) is -0.140. The van der Waals surface area contributed by atoms with Crippen LogP contribution in [-0.4, -0.2) is 50.2 Å². The minimum absolute atomic E-state index is 0. The fraction of sp³-hybridized carbons (Fsp3) is 0.167. The predicted molar refractivity (Wildman–Crippen MR) is 73.5 cm³/mol. The molecule has 0 aliphatic rings. The van der Waals surface area contributed by atoms with Crippen molar-refractivity contribution >= 4 is 39.8 Å². The summed E-state index contributed by atoms with van der Waals surface area (Å²) in [6, 6.07) is 9.40. The molecule has 0 saturated carbocycles. The number of benzene rings is 2. The van der Waals surface area contributed by atoms with Gasteiger partial charge in [0.2, 0.25) is 0 Å². The van der Waals surface area contributed by atoms with Gasteiger partial charge in [0.05, 0.1) is 11.5 Å². The number of fused-ring (bicyclic) bond motifs is 1. The zero-order chi connectivity index (χ0) is 13.2. The Morgan fingerprint density at radius 2 is 1.68 bits per heavy atom. The van der Waals surface area contributed by atoms with E-state index in [1.807, 2.05) is 0 Å². The van der Waals surface area contributed by atoms with E-state index in [9.17, 15) is 8.42 Å². The van der Waals surface area contributed by atoms with Crippen molar-refractivity contribution in [3.63, 3.8) is 0 Å². The molecule has 19 heavy (non-hydrogen) atoms. The Morgan fingerprint density at radius 1 is 1.05 bits per heavy atom. The van der Waals surface area contributed by atoms with Crippen LogP contribution in [0.25, 0.3) is 10.8 Å². The summed E-state index contributed by atoms with van der Waals surface area (Å²) < 4.78 is 36.2. The first kappa shape index (κ1) is 16.0. The molecule has 0 atom stereocenters. The molecule has 0 radical (unpaired) electrons. The van der Waals surface area contributed by atoms with Crippen molar-refractivity contribution in [2.75, 3.05) is 13.2 Å². The number of ether oxygens (including phenoxy) is 1. The monoisotopic (exact) mass is 276 g/mol. The van der Waals surface area contributed by atoms with Crippen molar-refractivity contribution in [2.45, 2.75) is 4.90 Å². The van der Waals surface area contributed by atoms with Crippen LogP contribution in [-0.2, 0) is 10.1 Å². The molecule has 2 aromatic rings. The molecule has 2 rings (SSSR count). The molecule has 0 bridgehead atoms. The molecule has 7 heteroatoms. The second kappa shape index (κ2) is 6.42. The summed E-state index contributed by atoms with van der Waals surface area (Å²) >= 11 is 0. The van der Waals surface area contributed by atoms with E-state index in [0.29, 0.717) is 11.1 Å². The van der Waals surface area contributed by atoms with Crippen molar-refractivity contribution in [1.29, 1.82) is 0 Å². The first-order valence-electron chi connectivity index (χ1n) is 5.26. The van der Waals surface area contributed by atoms with Gasteiger partial charge in [0.25, 0.3) is 10.1 Å². The molecular formula is C12H13LiO5S. The van der Waals surface area contributed by atoms with Crippen molar-refractivity contribution in [1.82, 2.24) is 0 Å². The number of hydrogen-bond acceptors (Lipinski definition) is 4. The van der Waals surface area contributed by atoms with Crippen LogP contribution in [0.15, 0.2) is 41.3 Å². The quantitative estimate of drug-likeness (QED) is 0.637. The fourth-order valence-electron chi connectivity index (χ4n) is 1.62. The summed E-state index contributed by atoms with van der Waals surface area (Å²) in [5, 5.41) is 10.1. The molecular weight excluding hydrogens is 263 g/mol. The third kappa shape index (κ3) is 3.96. The Bertz CT molecular complexity index is 669. The Hall–Kier alpha value is -1.03. The Balaban J connectivity index is 0.00000180. The summed E-state index contributed by atoms with van der Waals surface area (Å²) in [5.74, 6) is 0.594. The van der Waals surface area contributed by atoms with Gasteiger partial charge in [-0.1, -0.05) is 12.1 Å². The van der Waals surface area contributed by atoms with E-state index in [1.54, 1.807) is 24.3 Å². The van der Waals surface area contributed by atoms with Gasteiger partial charge in [-0.3, -0.25) is 4.55 Å². The van der Waals surface area contributed by atoms with Crippen LogP contribution < -0.4 is 4.74 Å². The number of rotatable bonds is 4. The third-order valence-electron chi connectivity index (χ3n) is 2.44. The molecule has 0 heterocycles. The van der Waals surface area contributed by atoms with Gasteiger partial charge in [-0.2, -0.15) is 8.42 Å². The fourth-order valence-corrected chi connectivity index (χ4v) is 2.13. The standard InChI is InChI=1S/C12H12O5S.Li.H/c13-5-6-17-11-3-1-10-8-12(18(14,15)16)4-2-9(10)7-11;;/h1-4,7-8,13H,5-6H2,(H,14,15,16);;. The van der Waals surface area contributed by atoms with Crippen LogP contribution >= 0.6 is 0 Å². The first-order chi connectivity index (χ1) is 8.50. The Kier molecular flexibility index (Phi) is 5.41. The normalized spacial score (nSPS) is 11.1. The van der Waals surface area contributed by atoms with Gasteiger partial charge >= 0.3 is 18.9 Å². The third-order valence-corrected chi connectivity index (χ3v) is 3.29. The predicted octanol–water partition coefficient (Wildman–Crippen LogP) is 0.809. The molecule has 5 nitrogen and oxygen atoms in total. The van der Waals surface area contributed by atoms with Gasteiger partial charge < -0.3 is 9.84 Å². The van der Waals surface area contributed by atoms with E-state index in [-0.39, 0.29) is 37.0 Å². The molecule has 2 aromatic carbocycles. The second-order valence-electron chi connectivity index (χ2n) is 3.72. The van der Waals surface area contributed by atoms with Gasteiger partial charge in [0.1, 0.15) is 12.4 Å². The summed E-state index contributed by atoms with van der Waals surface area (Å²) in [6.07, 6.45) is 0. The van der Waals surface area contributed by atoms with E-state index in [2.05, 4.69) is 0 Å². The van der Waals surface area contributed by atoms with Crippen molar-refractivity contribution < 1.29 is 22.8 Å². The van der Waals surface area contributed by atoms with Crippen LogP contribution in [0.1, 0.15) is 0 Å². The molecule has 0 amide bonds. The Morgan fingerprint density at radius 3 is 2.32 bits per heavy atom. The zero-order valence-corrected chi connectivity index (χ0v) is 10.2. The van der Waals surface area contributed by atoms with Gasteiger partial charge in [0, 0.05) is 0 Å². The van der Waals surface area contributed by atoms with Gasteiger partial charge in [-0.15, -0.1) is 0 Å². The average molecular weight is 276 g/mol. The van der Waals surface area contributed by atoms with Crippen molar-refractivity contribution in [3.05, 3.63) is 36.4 Å². The molecule has 0 aliphatic heterocycles. The number of hydrogen-bond donors (Lipinski definition) is 2. The number of aliphatic hydroxyl groups excluding tert-OH is 1. The van der Waals surface area contributed by atoms with E-state index >= 15 is 0 Å². The second-order valence-corrected chi connectivity index (χ2v) is 5.14. The summed E-state index contributed by atoms with van der Waals surface area (Å²) in [5.41, 5.74) is 0. The molecule has 2 N–H and O–H groups in total. The van der Waals surface area contributed by atoms with Crippen LogP contribution in [0.5, 0.6) is 5.75 Å². The van der Waals surface area contributed by atoms with E-state index < -0.39 is 10.1 Å². The van der Waals surface area contributed by atoms with E-state index in [1.165, 1.54) is 12.1 Å². The Labute approximate surface area is 123 Å². The molecule has 0 aliphatic carbocycles. The first-order valence-corrected chi connectivity index (χ1v) is 6.70. The molecule has 0 unspecified atom stereocenters. The summed E-state index contributed by atoms with van der Waals surface area (Å²) in [6.45, 7) is 0.133. The number of aliphatic hydroxyl groups is 1. The molecule has 0 spiro atoms. The maximum atomic E-state index is 11.0. The summed E-state index contributed by atoms with van der Waals surface area (Å²) in [7, 11) is -4.18. The minimum atomic E-state index is -4.18.